The third-order valence-electron chi connectivity index (χ3n) is 23.8. The number of methoxy groups -OCH3 is 1. The van der Waals surface area contributed by atoms with E-state index >= 15 is 28.8 Å². The first-order valence-corrected chi connectivity index (χ1v) is 46.2. The first-order valence-electron chi connectivity index (χ1n) is 45.1. The lowest BCUT2D eigenvalue weighted by Crippen LogP contribution is -2.61. The van der Waals surface area contributed by atoms with Gasteiger partial charge in [0.15, 0.2) is 0 Å². The van der Waals surface area contributed by atoms with Crippen LogP contribution in [0.15, 0.2) is 85.2 Å². The number of nitrogens with one attached hydrogen (secondary N) is 13. The zero-order valence-electron chi connectivity index (χ0n) is 77.2. The van der Waals surface area contributed by atoms with Crippen LogP contribution in [-0.2, 0) is 110 Å². The molecule has 8 rings (SSSR count). The predicted molar refractivity (Wildman–Crippen MR) is 491 cm³/mol. The van der Waals surface area contributed by atoms with Gasteiger partial charge in [0.05, 0.1) is 44.9 Å². The van der Waals surface area contributed by atoms with Gasteiger partial charge in [-0.3, -0.25) is 86.3 Å². The standard InChI is InChI=1S/C91H130N20O21S/c1-12-14-25-70-84(124)101-62(35-50(3)4)82(122)106-69(81(121)97-45-75(115)94-33-32-78(118)132-11)48-133-49-77(117)100-65(37-53-28-30-56(112)31-29-53)87(127)107(8)52(7)79(119)103-67(41-74(93)114)89(129)110-34-20-27-71(110)85(125)105-68(42-92)83(123)104-64(36-51(5)6)90(130)111-47-57(113)40-73(111)86(126)102-63(38-54-43-95-60-23-18-16-21-58(54)60)80(120)98-46-76(116)99-66(39-55-44-96-61-24-19-17-22-59(55)61)88(128)109(10)72(26-15-13-2)91(131)108(70)9/h16-19,21-24,28-31,43-44,50-52,57,62-73,95-96,112-113H,12-15,20,25-27,32-42,45-49,92H2,1-11H3,(H2,93,114)(H,94,115)(H,97,121)(H,98,120)(H,99,116)(H,100,117)(H,101,124)(H,102,126)(H,103,119)(H,104,123)(H,105,125)(H,106,122)/t52-,57+,62-,63-,64-,65-,66?,67-,68-,69-,70-,71-,72-,73-/m0/s1. The molecule has 17 amide bonds. The Bertz CT molecular complexity index is 4970. The lowest BCUT2D eigenvalue weighted by atomic mass is 9.99. The summed E-state index contributed by atoms with van der Waals surface area (Å²) in [4.78, 5) is 273. The van der Waals surface area contributed by atoms with E-state index in [1.165, 1.54) is 62.1 Å². The number of aromatic nitrogens is 2. The van der Waals surface area contributed by atoms with Crippen molar-refractivity contribution in [2.24, 2.45) is 23.3 Å². The minimum absolute atomic E-state index is 0.00684. The van der Waals surface area contributed by atoms with E-state index in [0.717, 1.165) is 33.6 Å². The smallest absolute Gasteiger partial charge is 0.307 e. The van der Waals surface area contributed by atoms with Crippen LogP contribution in [0.25, 0.3) is 21.8 Å². The molecule has 5 aromatic rings. The zero-order valence-corrected chi connectivity index (χ0v) is 78.1. The molecule has 0 spiro atoms. The van der Waals surface area contributed by atoms with Crippen LogP contribution in [0.4, 0.5) is 0 Å². The molecular weight excluding hydrogens is 1740 g/mol. The molecule has 3 fully saturated rings. The van der Waals surface area contributed by atoms with Crippen LogP contribution in [-0.4, -0.2) is 315 Å². The molecule has 3 aliphatic rings. The average molecular weight is 1870 g/mol. The molecule has 2 aromatic heterocycles. The Balaban J connectivity index is 1.17. The monoisotopic (exact) mass is 1870 g/mol. The second-order valence-corrected chi connectivity index (χ2v) is 35.9. The third-order valence-corrected chi connectivity index (χ3v) is 24.8. The molecule has 0 aliphatic carbocycles. The number of benzene rings is 3. The fourth-order valence-electron chi connectivity index (χ4n) is 16.4. The molecule has 0 saturated carbocycles. The van der Waals surface area contributed by atoms with Crippen molar-refractivity contribution in [1.29, 1.82) is 0 Å². The molecule has 0 radical (unpaired) electrons. The highest BCUT2D eigenvalue weighted by atomic mass is 32.2. The maximum atomic E-state index is 15.6. The number of esters is 1. The van der Waals surface area contributed by atoms with Crippen molar-refractivity contribution in [1.82, 2.24) is 93.0 Å². The number of rotatable bonds is 25. The van der Waals surface area contributed by atoms with Crippen LogP contribution in [0.3, 0.4) is 0 Å². The SMILES string of the molecule is CCCC[C@H]1C(=O)N(C)[C@@H](CCCC)C(=O)N[C@@H](CC(C)C)C(=O)N[C@H](C(=O)NCC(=O)NCCC(=O)OC)CSCC(=O)N[C@@H](Cc2ccc(O)cc2)C(=O)N(C)[C@@H](C)C(=O)N[C@@H](CC(N)=O)C(=O)N2CCC[C@H]2C(=O)N[C@@H](CN)C(=O)N[C@@H](CC(C)C)C(=O)N2C[C@H](O)C[C@H]2C(=O)N[C@@H](Cc2c[nH]c3ccccc23)C(=O)NCC(=O)NC(Cc2c[nH]c3ccccc23)C(=O)N1C. The lowest BCUT2D eigenvalue weighted by molar-refractivity contribution is -0.149. The molecule has 0 bridgehead atoms. The van der Waals surface area contributed by atoms with Crippen molar-refractivity contribution in [3.8, 4) is 5.75 Å². The summed E-state index contributed by atoms with van der Waals surface area (Å²) in [7, 11) is 5.16. The Morgan fingerprint density at radius 1 is 0.564 bits per heavy atom. The van der Waals surface area contributed by atoms with Gasteiger partial charge in [0, 0.05) is 113 Å². The molecule has 19 N–H and O–H groups in total. The molecule has 3 aromatic carbocycles. The quantitative estimate of drug-likeness (QED) is 0.0301. The summed E-state index contributed by atoms with van der Waals surface area (Å²) in [6, 6.07) is 0.601. The third kappa shape index (κ3) is 30.1. The first-order chi connectivity index (χ1) is 63.2. The number of hydrogen-bond acceptors (Lipinski definition) is 23. The highest BCUT2D eigenvalue weighted by Crippen LogP contribution is 2.28. The summed E-state index contributed by atoms with van der Waals surface area (Å²) in [5.41, 5.74) is 14.8. The Hall–Kier alpha value is -12.7. The number of para-hydroxylation sites is 2. The minimum Gasteiger partial charge on any atom is -0.508 e. The summed E-state index contributed by atoms with van der Waals surface area (Å²) in [5, 5.41) is 52.0. The van der Waals surface area contributed by atoms with Gasteiger partial charge in [0.2, 0.25) is 100 Å². The van der Waals surface area contributed by atoms with E-state index in [2.05, 4.69) is 73.2 Å². The van der Waals surface area contributed by atoms with Crippen molar-refractivity contribution in [2.75, 3.05) is 79.0 Å². The van der Waals surface area contributed by atoms with Crippen molar-refractivity contribution < 1.29 is 101 Å². The molecule has 14 atom stereocenters. The fourth-order valence-corrected chi connectivity index (χ4v) is 17.2. The maximum absolute atomic E-state index is 15.6. The Morgan fingerprint density at radius 2 is 1.10 bits per heavy atom. The molecule has 41 nitrogen and oxygen atoms in total. The number of carbonyl (C=O) groups is 18. The van der Waals surface area contributed by atoms with E-state index in [1.807, 2.05) is 26.0 Å². The molecular formula is C91H130N20O21S. The van der Waals surface area contributed by atoms with E-state index in [4.69, 9.17) is 11.5 Å². The second-order valence-electron chi connectivity index (χ2n) is 34.8. The number of likely N-dealkylation sites (N-methyl/N-ethyl adjacent to an activating group) is 3. The number of fused-ring (bicyclic) bond motifs is 4. The van der Waals surface area contributed by atoms with Gasteiger partial charge in [0.1, 0.15) is 84.3 Å². The van der Waals surface area contributed by atoms with E-state index in [0.29, 0.717) is 64.2 Å². The number of aliphatic hydroxyl groups excluding tert-OH is 1. The van der Waals surface area contributed by atoms with E-state index in [-0.39, 0.29) is 101 Å². The second kappa shape index (κ2) is 50.8. The zero-order chi connectivity index (χ0) is 97.6. The number of hydrogen-bond donors (Lipinski definition) is 17. The molecule has 3 aliphatic heterocycles. The number of carbonyl (C=O) groups excluding carboxylic acids is 18. The van der Waals surface area contributed by atoms with Crippen LogP contribution < -0.4 is 70.0 Å². The number of thioether (sulfide) groups is 1. The normalized spacial score (nSPS) is 24.4. The number of amides is 17. The highest BCUT2D eigenvalue weighted by Gasteiger charge is 2.46. The van der Waals surface area contributed by atoms with Crippen molar-refractivity contribution in [3.63, 3.8) is 0 Å². The maximum Gasteiger partial charge on any atom is 0.307 e. The summed E-state index contributed by atoms with van der Waals surface area (Å²) < 4.78 is 4.66. The van der Waals surface area contributed by atoms with Crippen molar-refractivity contribution in [2.45, 2.75) is 236 Å². The van der Waals surface area contributed by atoms with Crippen molar-refractivity contribution >= 4 is 140 Å². The van der Waals surface area contributed by atoms with Gasteiger partial charge in [-0.05, 0) is 98.2 Å². The van der Waals surface area contributed by atoms with Gasteiger partial charge in [-0.15, -0.1) is 11.8 Å². The number of aromatic amines is 2. The van der Waals surface area contributed by atoms with Crippen LogP contribution in [0, 0.1) is 11.8 Å². The van der Waals surface area contributed by atoms with Crippen LogP contribution in [0.5, 0.6) is 5.75 Å². The number of aromatic hydroxyl groups is 1. The molecule has 1 unspecified atom stereocenters. The Morgan fingerprint density at radius 3 is 1.71 bits per heavy atom. The topological polar surface area (TPSA) is 589 Å². The number of ether oxygens (including phenoxy) is 1. The summed E-state index contributed by atoms with van der Waals surface area (Å²) in [5.74, 6) is -17.5. The summed E-state index contributed by atoms with van der Waals surface area (Å²) >= 11 is 0.788. The number of aliphatic hydroxyl groups is 1. The van der Waals surface area contributed by atoms with E-state index in [9.17, 15) is 67.7 Å². The number of H-pyrrole nitrogens is 2. The number of nitrogens with zero attached hydrogens (tertiary/aromatic N) is 5. The predicted octanol–water partition coefficient (Wildman–Crippen LogP) is -1.32. The van der Waals surface area contributed by atoms with Crippen LogP contribution in [0.1, 0.15) is 149 Å². The average Bonchev–Trinajstić information content (AvgIpc) is 1.64. The van der Waals surface area contributed by atoms with Gasteiger partial charge in [0.25, 0.3) is 0 Å². The Labute approximate surface area is 776 Å². The molecule has 5 heterocycles. The molecule has 42 heteroatoms. The largest absolute Gasteiger partial charge is 0.508 e. The Kier molecular flexibility index (Phi) is 40.3. The van der Waals surface area contributed by atoms with Crippen molar-refractivity contribution in [3.05, 3.63) is 102 Å². The number of primary amides is 1. The number of nitrogens with two attached hydrogens (primary N) is 2. The number of phenolic OH excluding ortho intramolecular Hbond substituents is 1. The van der Waals surface area contributed by atoms with Gasteiger partial charge < -0.3 is 119 Å². The number of unbranched alkanes of at least 4 members (excludes halogenated alkanes) is 2. The lowest BCUT2D eigenvalue weighted by Gasteiger charge is -2.36. The molecule has 133 heavy (non-hydrogen) atoms. The number of phenols is 1. The van der Waals surface area contributed by atoms with Crippen LogP contribution >= 0.6 is 11.8 Å². The van der Waals surface area contributed by atoms with E-state index < -0.39 is 235 Å². The minimum atomic E-state index is -1.77. The first kappa shape index (κ1) is 106. The van der Waals surface area contributed by atoms with Gasteiger partial charge in [-0.1, -0.05) is 116 Å². The fraction of sp³-hybridized carbons (Fsp3) is 0.560. The van der Waals surface area contributed by atoms with Gasteiger partial charge >= 0.3 is 5.97 Å². The van der Waals surface area contributed by atoms with E-state index in [1.54, 1.807) is 76.5 Å². The van der Waals surface area contributed by atoms with Crippen LogP contribution in [0.2, 0.25) is 0 Å². The molecule has 3 saturated heterocycles. The highest BCUT2D eigenvalue weighted by molar-refractivity contribution is 8.00. The van der Waals surface area contributed by atoms with Gasteiger partial charge in [-0.2, -0.15) is 0 Å². The summed E-state index contributed by atoms with van der Waals surface area (Å²) in [6.45, 7) is 9.27. The van der Waals surface area contributed by atoms with Gasteiger partial charge in [-0.25, -0.2) is 0 Å². The summed E-state index contributed by atoms with van der Waals surface area (Å²) in [6.07, 6.45) is 1.91. The molecule has 726 valence electrons.